The van der Waals surface area contributed by atoms with E-state index >= 15 is 0 Å². The summed E-state index contributed by atoms with van der Waals surface area (Å²) >= 11 is 0. The van der Waals surface area contributed by atoms with Crippen LogP contribution >= 0.6 is 0 Å². The SMILES string of the molecule is Cc1cc([N+](=O)[O-])cc2c1N[C@H](c1ccccc1[N+](=O)[O-])[C@@H]1CC=C[C@H]21. The number of nitrogens with one attached hydrogen (secondary N) is 1. The van der Waals surface area contributed by atoms with Crippen LogP contribution in [0.15, 0.2) is 48.6 Å². The van der Waals surface area contributed by atoms with Crippen LogP contribution in [0.3, 0.4) is 0 Å². The van der Waals surface area contributed by atoms with E-state index in [1.807, 2.05) is 6.92 Å². The van der Waals surface area contributed by atoms with Gasteiger partial charge in [0.2, 0.25) is 0 Å². The summed E-state index contributed by atoms with van der Waals surface area (Å²) in [5.74, 6) is 0.0969. The second kappa shape index (κ2) is 5.94. The number of para-hydroxylation sites is 1. The maximum absolute atomic E-state index is 11.5. The molecule has 2 aliphatic rings. The number of fused-ring (bicyclic) bond motifs is 3. The molecule has 2 aromatic carbocycles. The Balaban J connectivity index is 1.86. The molecule has 1 N–H and O–H groups in total. The standard InChI is InChI=1S/C19H17N3O4/c1-11-9-12(21(23)24)10-16-13-6-4-7-14(13)19(20-18(11)16)15-5-2-3-8-17(15)22(25)26/h2-6,8-10,13-14,19-20H,7H2,1H3/t13-,14+,19-/m0/s1. The monoisotopic (exact) mass is 351 g/mol. The number of rotatable bonds is 3. The van der Waals surface area contributed by atoms with Gasteiger partial charge in [-0.25, -0.2) is 0 Å². The lowest BCUT2D eigenvalue weighted by Gasteiger charge is -2.37. The largest absolute Gasteiger partial charge is 0.377 e. The summed E-state index contributed by atoms with van der Waals surface area (Å²) in [7, 11) is 0. The highest BCUT2D eigenvalue weighted by molar-refractivity contribution is 5.68. The van der Waals surface area contributed by atoms with Gasteiger partial charge in [0.05, 0.1) is 21.5 Å². The number of hydrogen-bond donors (Lipinski definition) is 1. The number of allylic oxidation sites excluding steroid dienone is 2. The quantitative estimate of drug-likeness (QED) is 0.493. The lowest BCUT2D eigenvalue weighted by Crippen LogP contribution is -2.30. The molecule has 0 amide bonds. The van der Waals surface area contributed by atoms with E-state index in [2.05, 4.69) is 17.5 Å². The van der Waals surface area contributed by atoms with E-state index < -0.39 is 0 Å². The molecule has 0 unspecified atom stereocenters. The van der Waals surface area contributed by atoms with Gasteiger partial charge >= 0.3 is 0 Å². The number of nitro groups is 2. The summed E-state index contributed by atoms with van der Waals surface area (Å²) in [4.78, 5) is 22.0. The molecule has 0 spiro atoms. The molecule has 0 fully saturated rings. The average molecular weight is 351 g/mol. The van der Waals surface area contributed by atoms with Crippen LogP contribution in [0.4, 0.5) is 17.1 Å². The third-order valence-corrected chi connectivity index (χ3v) is 5.33. The number of aryl methyl sites for hydroxylation is 1. The first-order valence-corrected chi connectivity index (χ1v) is 8.43. The van der Waals surface area contributed by atoms with Crippen molar-refractivity contribution in [1.29, 1.82) is 0 Å². The van der Waals surface area contributed by atoms with Gasteiger partial charge in [0.25, 0.3) is 11.4 Å². The topological polar surface area (TPSA) is 98.3 Å². The minimum absolute atomic E-state index is 0.00894. The zero-order chi connectivity index (χ0) is 18.4. The Morgan fingerprint density at radius 2 is 1.85 bits per heavy atom. The van der Waals surface area contributed by atoms with Gasteiger partial charge in [-0.15, -0.1) is 0 Å². The highest BCUT2D eigenvalue weighted by Crippen LogP contribution is 2.52. The molecule has 2 aromatic rings. The zero-order valence-electron chi connectivity index (χ0n) is 14.1. The van der Waals surface area contributed by atoms with Gasteiger partial charge in [0.15, 0.2) is 0 Å². The fourth-order valence-electron chi connectivity index (χ4n) is 4.20. The van der Waals surface area contributed by atoms with Gasteiger partial charge in [0.1, 0.15) is 0 Å². The first kappa shape index (κ1) is 16.3. The van der Waals surface area contributed by atoms with Gasteiger partial charge in [-0.05, 0) is 30.4 Å². The number of benzene rings is 2. The van der Waals surface area contributed by atoms with Gasteiger partial charge in [0, 0.05) is 29.8 Å². The second-order valence-electron chi connectivity index (χ2n) is 6.78. The highest BCUT2D eigenvalue weighted by Gasteiger charge is 2.41. The van der Waals surface area contributed by atoms with Gasteiger partial charge in [-0.2, -0.15) is 0 Å². The molecule has 1 heterocycles. The molecule has 132 valence electrons. The minimum Gasteiger partial charge on any atom is -0.377 e. The number of hydrogen-bond acceptors (Lipinski definition) is 5. The van der Waals surface area contributed by atoms with Crippen LogP contribution in [0.5, 0.6) is 0 Å². The van der Waals surface area contributed by atoms with Crippen molar-refractivity contribution in [1.82, 2.24) is 0 Å². The summed E-state index contributed by atoms with van der Waals surface area (Å²) in [5.41, 5.74) is 3.33. The predicted molar refractivity (Wildman–Crippen MR) is 97.3 cm³/mol. The molecule has 1 aliphatic carbocycles. The zero-order valence-corrected chi connectivity index (χ0v) is 14.1. The number of anilines is 1. The Morgan fingerprint density at radius 3 is 2.58 bits per heavy atom. The first-order chi connectivity index (χ1) is 12.5. The molecule has 3 atom stereocenters. The van der Waals surface area contributed by atoms with Crippen molar-refractivity contribution in [2.45, 2.75) is 25.3 Å². The van der Waals surface area contributed by atoms with Crippen molar-refractivity contribution >= 4 is 17.1 Å². The third-order valence-electron chi connectivity index (χ3n) is 5.33. The molecular weight excluding hydrogens is 334 g/mol. The fraction of sp³-hybridized carbons (Fsp3) is 0.263. The minimum atomic E-state index is -0.380. The van der Waals surface area contributed by atoms with E-state index in [9.17, 15) is 20.2 Å². The van der Waals surface area contributed by atoms with E-state index in [1.54, 1.807) is 30.3 Å². The van der Waals surface area contributed by atoms with Crippen molar-refractivity contribution in [3.8, 4) is 0 Å². The molecule has 26 heavy (non-hydrogen) atoms. The molecule has 7 nitrogen and oxygen atoms in total. The molecule has 0 bridgehead atoms. The fourth-order valence-corrected chi connectivity index (χ4v) is 4.20. The van der Waals surface area contributed by atoms with E-state index in [-0.39, 0.29) is 39.1 Å². The number of non-ortho nitro benzene ring substituents is 1. The van der Waals surface area contributed by atoms with Gasteiger partial charge < -0.3 is 5.32 Å². The molecule has 0 radical (unpaired) electrons. The van der Waals surface area contributed by atoms with Crippen molar-refractivity contribution in [3.63, 3.8) is 0 Å². The van der Waals surface area contributed by atoms with Crippen molar-refractivity contribution in [2.24, 2.45) is 5.92 Å². The van der Waals surface area contributed by atoms with E-state index in [0.29, 0.717) is 5.56 Å². The van der Waals surface area contributed by atoms with Crippen molar-refractivity contribution in [3.05, 3.63) is 85.5 Å². The Morgan fingerprint density at radius 1 is 1.08 bits per heavy atom. The van der Waals surface area contributed by atoms with Crippen LogP contribution < -0.4 is 5.32 Å². The Kier molecular flexibility index (Phi) is 3.72. The third kappa shape index (κ3) is 2.44. The maximum Gasteiger partial charge on any atom is 0.274 e. The smallest absolute Gasteiger partial charge is 0.274 e. The van der Waals surface area contributed by atoms with Crippen molar-refractivity contribution < 1.29 is 9.85 Å². The van der Waals surface area contributed by atoms with Crippen LogP contribution in [-0.2, 0) is 0 Å². The normalized spacial score (nSPS) is 23.0. The van der Waals surface area contributed by atoms with E-state index in [4.69, 9.17) is 0 Å². The number of nitrogens with zero attached hydrogens (tertiary/aromatic N) is 2. The summed E-state index contributed by atoms with van der Waals surface area (Å²) < 4.78 is 0. The van der Waals surface area contributed by atoms with Crippen LogP contribution in [0.2, 0.25) is 0 Å². The molecule has 0 aromatic heterocycles. The first-order valence-electron chi connectivity index (χ1n) is 8.43. The lowest BCUT2D eigenvalue weighted by molar-refractivity contribution is -0.385. The van der Waals surface area contributed by atoms with Crippen molar-refractivity contribution in [2.75, 3.05) is 5.32 Å². The van der Waals surface area contributed by atoms with Crippen LogP contribution in [0.1, 0.15) is 35.1 Å². The molecule has 7 heteroatoms. The van der Waals surface area contributed by atoms with E-state index in [0.717, 1.165) is 23.2 Å². The molecular formula is C19H17N3O4. The second-order valence-corrected chi connectivity index (χ2v) is 6.78. The van der Waals surface area contributed by atoms with Gasteiger partial charge in [-0.1, -0.05) is 30.4 Å². The lowest BCUT2D eigenvalue weighted by atomic mass is 9.76. The summed E-state index contributed by atoms with van der Waals surface area (Å²) in [6.45, 7) is 1.83. The van der Waals surface area contributed by atoms with Gasteiger partial charge in [-0.3, -0.25) is 20.2 Å². The Hall–Kier alpha value is -3.22. The van der Waals surface area contributed by atoms with E-state index in [1.165, 1.54) is 6.07 Å². The highest BCUT2D eigenvalue weighted by atomic mass is 16.6. The molecule has 0 saturated carbocycles. The maximum atomic E-state index is 11.5. The number of nitro benzene ring substituents is 2. The Bertz CT molecular complexity index is 954. The predicted octanol–water partition coefficient (Wildman–Crippen LogP) is 4.64. The molecule has 1 aliphatic heterocycles. The average Bonchev–Trinajstić information content (AvgIpc) is 3.11. The van der Waals surface area contributed by atoms with Crippen LogP contribution in [0, 0.1) is 33.1 Å². The Labute approximate surface area is 149 Å². The molecule has 0 saturated heterocycles. The summed E-state index contributed by atoms with van der Waals surface area (Å²) in [6, 6.07) is 9.73. The summed E-state index contributed by atoms with van der Waals surface area (Å²) in [6.07, 6.45) is 4.90. The molecule has 4 rings (SSSR count). The van der Waals surface area contributed by atoms with Crippen LogP contribution in [0.25, 0.3) is 0 Å². The van der Waals surface area contributed by atoms with Crippen LogP contribution in [-0.4, -0.2) is 9.85 Å². The summed E-state index contributed by atoms with van der Waals surface area (Å²) in [5, 5.41) is 26.2.